The standard InChI is InChI=1S/C21H19N7O3S/c22-20(23)14-3-4-15-11-26-28(18(15)10-14)12-19(29)27-21-17(2-1-9-25-21)13-5-7-16(8-6-13)32(24,30)31/h1-11H,12H2,(H3,22,23)(H2,24,30,31)(H,25,27,29). The molecule has 32 heavy (non-hydrogen) atoms. The first-order chi connectivity index (χ1) is 15.2. The topological polar surface area (TPSA) is 170 Å². The van der Waals surface area contributed by atoms with Crippen LogP contribution in [0.3, 0.4) is 0 Å². The number of fused-ring (bicyclic) bond motifs is 1. The molecular formula is C21H19N7O3S. The van der Waals surface area contributed by atoms with Crippen LogP contribution < -0.4 is 16.2 Å². The second kappa shape index (κ2) is 8.21. The number of benzene rings is 2. The number of primary sulfonamides is 1. The van der Waals surface area contributed by atoms with E-state index in [9.17, 15) is 13.2 Å². The van der Waals surface area contributed by atoms with Gasteiger partial charge in [-0.3, -0.25) is 14.9 Å². The largest absolute Gasteiger partial charge is 0.384 e. The van der Waals surface area contributed by atoms with Crippen molar-refractivity contribution in [1.82, 2.24) is 14.8 Å². The summed E-state index contributed by atoms with van der Waals surface area (Å²) in [5.74, 6) is -0.109. The van der Waals surface area contributed by atoms with Crippen LogP contribution in [0.4, 0.5) is 5.82 Å². The summed E-state index contributed by atoms with van der Waals surface area (Å²) in [6.07, 6.45) is 3.17. The molecule has 4 rings (SSSR count). The number of anilines is 1. The second-order valence-corrected chi connectivity index (χ2v) is 8.57. The number of carbonyl (C=O) groups excluding carboxylic acids is 1. The van der Waals surface area contributed by atoms with Crippen LogP contribution in [0.5, 0.6) is 0 Å². The number of nitrogens with one attached hydrogen (secondary N) is 2. The number of carbonyl (C=O) groups is 1. The van der Waals surface area contributed by atoms with E-state index in [1.54, 1.807) is 54.9 Å². The van der Waals surface area contributed by atoms with Crippen LogP contribution in [0.15, 0.2) is 71.9 Å². The lowest BCUT2D eigenvalue weighted by molar-refractivity contribution is -0.116. The van der Waals surface area contributed by atoms with Gasteiger partial charge in [0.05, 0.1) is 16.6 Å². The maximum absolute atomic E-state index is 12.7. The zero-order chi connectivity index (χ0) is 22.9. The number of amides is 1. The molecule has 0 aliphatic carbocycles. The van der Waals surface area contributed by atoms with Gasteiger partial charge in [-0.15, -0.1) is 0 Å². The molecule has 2 heterocycles. The summed E-state index contributed by atoms with van der Waals surface area (Å²) in [4.78, 5) is 17.0. The highest BCUT2D eigenvalue weighted by Crippen LogP contribution is 2.27. The van der Waals surface area contributed by atoms with Crippen molar-refractivity contribution in [2.24, 2.45) is 10.9 Å². The third-order valence-electron chi connectivity index (χ3n) is 4.81. The number of nitrogen functional groups attached to an aromatic ring is 1. The predicted octanol–water partition coefficient (Wildman–Crippen LogP) is 1.67. The van der Waals surface area contributed by atoms with Gasteiger partial charge in [0.2, 0.25) is 15.9 Å². The zero-order valence-electron chi connectivity index (χ0n) is 16.7. The molecule has 0 aliphatic heterocycles. The fraction of sp³-hybridized carbons (Fsp3) is 0.0476. The lowest BCUT2D eigenvalue weighted by atomic mass is 10.1. The third-order valence-corrected chi connectivity index (χ3v) is 5.74. The molecule has 6 N–H and O–H groups in total. The van der Waals surface area contributed by atoms with E-state index in [2.05, 4.69) is 15.4 Å². The van der Waals surface area contributed by atoms with Crippen LogP contribution in [0.25, 0.3) is 22.0 Å². The summed E-state index contributed by atoms with van der Waals surface area (Å²) in [6, 6.07) is 14.7. The molecule has 0 aliphatic rings. The van der Waals surface area contributed by atoms with Crippen LogP contribution in [0, 0.1) is 5.41 Å². The molecule has 0 saturated heterocycles. The molecule has 0 radical (unpaired) electrons. The third kappa shape index (κ3) is 4.33. The Balaban J connectivity index is 1.58. The molecule has 162 valence electrons. The quantitative estimate of drug-likeness (QED) is 0.258. The van der Waals surface area contributed by atoms with Crippen LogP contribution in [-0.2, 0) is 21.4 Å². The van der Waals surface area contributed by atoms with Crippen molar-refractivity contribution in [3.8, 4) is 11.1 Å². The first-order valence-electron chi connectivity index (χ1n) is 9.40. The van der Waals surface area contributed by atoms with Crippen LogP contribution in [-0.4, -0.2) is 34.9 Å². The van der Waals surface area contributed by atoms with Gasteiger partial charge >= 0.3 is 0 Å². The Kier molecular flexibility index (Phi) is 5.43. The number of nitrogens with zero attached hydrogens (tertiary/aromatic N) is 3. The van der Waals surface area contributed by atoms with Gasteiger partial charge in [0.15, 0.2) is 0 Å². The highest BCUT2D eigenvalue weighted by molar-refractivity contribution is 7.89. The SMILES string of the molecule is N=C(N)c1ccc2cnn(CC(=O)Nc3ncccc3-c3ccc(S(N)(=O)=O)cc3)c2c1. The van der Waals surface area contributed by atoms with Crippen molar-refractivity contribution in [3.05, 3.63) is 72.6 Å². The molecule has 0 saturated carbocycles. The summed E-state index contributed by atoms with van der Waals surface area (Å²) in [5, 5.41) is 20.6. The summed E-state index contributed by atoms with van der Waals surface area (Å²) < 4.78 is 24.5. The first kappa shape index (κ1) is 21.2. The van der Waals surface area contributed by atoms with Crippen LogP contribution in [0.1, 0.15) is 5.56 Å². The van der Waals surface area contributed by atoms with E-state index in [-0.39, 0.29) is 23.2 Å². The van der Waals surface area contributed by atoms with Gasteiger partial charge in [-0.2, -0.15) is 5.10 Å². The summed E-state index contributed by atoms with van der Waals surface area (Å²) in [6.45, 7) is -0.0781. The average Bonchev–Trinajstić information content (AvgIpc) is 3.15. The van der Waals surface area contributed by atoms with Crippen LogP contribution in [0.2, 0.25) is 0 Å². The number of nitrogens with two attached hydrogens (primary N) is 2. The van der Waals surface area contributed by atoms with Gasteiger partial charge in [-0.1, -0.05) is 24.3 Å². The van der Waals surface area contributed by atoms with Gasteiger partial charge < -0.3 is 11.1 Å². The lowest BCUT2D eigenvalue weighted by Crippen LogP contribution is -2.20. The van der Waals surface area contributed by atoms with Gasteiger partial charge in [-0.05, 0) is 35.9 Å². The number of hydrogen-bond donors (Lipinski definition) is 4. The first-order valence-corrected chi connectivity index (χ1v) is 10.9. The maximum atomic E-state index is 12.7. The monoisotopic (exact) mass is 449 g/mol. The number of amidine groups is 1. The Labute approximate surface area is 183 Å². The fourth-order valence-electron chi connectivity index (χ4n) is 3.23. The Morgan fingerprint density at radius 3 is 2.56 bits per heavy atom. The van der Waals surface area contributed by atoms with Gasteiger partial charge in [0.1, 0.15) is 18.2 Å². The van der Waals surface area contributed by atoms with Gasteiger partial charge in [0.25, 0.3) is 0 Å². The lowest BCUT2D eigenvalue weighted by Gasteiger charge is -2.11. The average molecular weight is 449 g/mol. The summed E-state index contributed by atoms with van der Waals surface area (Å²) >= 11 is 0. The molecule has 11 heteroatoms. The Hall–Kier alpha value is -4.09. The second-order valence-electron chi connectivity index (χ2n) is 7.01. The number of sulfonamides is 1. The van der Waals surface area contributed by atoms with E-state index in [1.165, 1.54) is 16.8 Å². The molecule has 0 fully saturated rings. The molecule has 4 aromatic rings. The summed E-state index contributed by atoms with van der Waals surface area (Å²) in [5.41, 5.74) is 8.05. The molecular weight excluding hydrogens is 430 g/mol. The Morgan fingerprint density at radius 1 is 1.12 bits per heavy atom. The van der Waals surface area contributed by atoms with Gasteiger partial charge in [-0.25, -0.2) is 18.5 Å². The highest BCUT2D eigenvalue weighted by Gasteiger charge is 2.14. The molecule has 10 nitrogen and oxygen atoms in total. The normalized spacial score (nSPS) is 11.4. The van der Waals surface area contributed by atoms with Crippen molar-refractivity contribution < 1.29 is 13.2 Å². The summed E-state index contributed by atoms with van der Waals surface area (Å²) in [7, 11) is -3.80. The van der Waals surface area contributed by atoms with Crippen molar-refractivity contribution in [3.63, 3.8) is 0 Å². The number of aromatic nitrogens is 3. The molecule has 0 spiro atoms. The van der Waals surface area contributed by atoms with Crippen molar-refractivity contribution in [2.45, 2.75) is 11.4 Å². The Morgan fingerprint density at radius 2 is 1.88 bits per heavy atom. The van der Waals surface area contributed by atoms with Crippen molar-refractivity contribution in [1.29, 1.82) is 5.41 Å². The number of hydrogen-bond acceptors (Lipinski definition) is 6. The van der Waals surface area contributed by atoms with Crippen molar-refractivity contribution in [2.75, 3.05) is 5.32 Å². The Bertz CT molecular complexity index is 1440. The van der Waals surface area contributed by atoms with E-state index in [0.29, 0.717) is 28.0 Å². The molecule has 0 atom stereocenters. The van der Waals surface area contributed by atoms with E-state index in [1.807, 2.05) is 0 Å². The van der Waals surface area contributed by atoms with E-state index >= 15 is 0 Å². The molecule has 2 aromatic heterocycles. The number of pyridine rings is 1. The smallest absolute Gasteiger partial charge is 0.247 e. The van der Waals surface area contributed by atoms with Gasteiger partial charge in [0, 0.05) is 22.7 Å². The zero-order valence-corrected chi connectivity index (χ0v) is 17.5. The molecule has 2 aromatic carbocycles. The minimum Gasteiger partial charge on any atom is -0.384 e. The predicted molar refractivity (Wildman–Crippen MR) is 120 cm³/mol. The molecule has 0 bridgehead atoms. The van der Waals surface area contributed by atoms with Crippen LogP contribution >= 0.6 is 0 Å². The number of rotatable bonds is 6. The highest BCUT2D eigenvalue weighted by atomic mass is 32.2. The van der Waals surface area contributed by atoms with E-state index in [0.717, 1.165) is 5.39 Å². The molecule has 1 amide bonds. The van der Waals surface area contributed by atoms with E-state index in [4.69, 9.17) is 16.3 Å². The maximum Gasteiger partial charge on any atom is 0.247 e. The minimum atomic E-state index is -3.80. The minimum absolute atomic E-state index is 0.00813. The van der Waals surface area contributed by atoms with E-state index < -0.39 is 10.0 Å². The van der Waals surface area contributed by atoms with Crippen molar-refractivity contribution >= 4 is 38.5 Å². The fourth-order valence-corrected chi connectivity index (χ4v) is 3.75. The molecule has 0 unspecified atom stereocenters.